The zero-order valence-electron chi connectivity index (χ0n) is 11.6. The second-order valence-electron chi connectivity index (χ2n) is 5.37. The number of piperidine rings is 1. The van der Waals surface area contributed by atoms with E-state index in [1.807, 2.05) is 6.33 Å². The molecule has 1 aliphatic heterocycles. The monoisotopic (exact) mass is 256 g/mol. The van der Waals surface area contributed by atoms with Crippen molar-refractivity contribution < 1.29 is 0 Å². The molecule has 2 aromatic rings. The topological polar surface area (TPSA) is 42.7 Å². The summed E-state index contributed by atoms with van der Waals surface area (Å²) in [5.74, 6) is 1.55. The van der Waals surface area contributed by atoms with Gasteiger partial charge in [0.05, 0.1) is 0 Å². The Morgan fingerprint density at radius 2 is 2.16 bits per heavy atom. The number of aryl methyl sites for hydroxylation is 2. The first-order valence-corrected chi connectivity index (χ1v) is 6.94. The Balaban J connectivity index is 1.96. The van der Waals surface area contributed by atoms with E-state index in [-0.39, 0.29) is 0 Å². The second kappa shape index (κ2) is 5.13. The highest BCUT2D eigenvalue weighted by Gasteiger charge is 2.21. The molecule has 1 aliphatic rings. The number of nitrogens with one attached hydrogen (secondary N) is 1. The van der Waals surface area contributed by atoms with Crippen molar-refractivity contribution in [3.05, 3.63) is 41.5 Å². The van der Waals surface area contributed by atoms with Crippen molar-refractivity contribution in [2.24, 2.45) is 0 Å². The summed E-state index contributed by atoms with van der Waals surface area (Å²) in [6.07, 6.45) is 4.23. The van der Waals surface area contributed by atoms with Crippen LogP contribution in [0.2, 0.25) is 0 Å². The molecule has 3 rings (SSSR count). The molecule has 0 spiro atoms. The summed E-state index contributed by atoms with van der Waals surface area (Å²) < 4.78 is 2.13. The molecule has 1 N–H and O–H groups in total. The minimum Gasteiger partial charge on any atom is -0.316 e. The Morgan fingerprint density at radius 3 is 2.89 bits per heavy atom. The van der Waals surface area contributed by atoms with E-state index >= 15 is 0 Å². The average Bonchev–Trinajstić information content (AvgIpc) is 2.92. The minimum absolute atomic E-state index is 0.470. The van der Waals surface area contributed by atoms with Crippen LogP contribution in [-0.4, -0.2) is 27.9 Å². The van der Waals surface area contributed by atoms with Crippen LogP contribution in [0, 0.1) is 13.8 Å². The highest BCUT2D eigenvalue weighted by Crippen LogP contribution is 2.24. The summed E-state index contributed by atoms with van der Waals surface area (Å²) in [7, 11) is 0. The van der Waals surface area contributed by atoms with Gasteiger partial charge in [0, 0.05) is 18.2 Å². The van der Waals surface area contributed by atoms with Crippen LogP contribution in [0.1, 0.15) is 35.7 Å². The zero-order chi connectivity index (χ0) is 13.2. The number of aromatic nitrogens is 3. The van der Waals surface area contributed by atoms with Gasteiger partial charge in [-0.25, -0.2) is 0 Å². The molecule has 1 aromatic carbocycles. The first-order valence-electron chi connectivity index (χ1n) is 6.94. The lowest BCUT2D eigenvalue weighted by Gasteiger charge is -2.22. The summed E-state index contributed by atoms with van der Waals surface area (Å²) >= 11 is 0. The predicted molar refractivity (Wildman–Crippen MR) is 75.7 cm³/mol. The van der Waals surface area contributed by atoms with Crippen LogP contribution in [0.5, 0.6) is 0 Å². The van der Waals surface area contributed by atoms with E-state index in [0.29, 0.717) is 5.92 Å². The molecule has 1 atom stereocenters. The van der Waals surface area contributed by atoms with Crippen LogP contribution in [0.25, 0.3) is 5.69 Å². The number of hydrogen-bond acceptors (Lipinski definition) is 3. The largest absolute Gasteiger partial charge is 0.316 e. The smallest absolute Gasteiger partial charge is 0.141 e. The van der Waals surface area contributed by atoms with Crippen LogP contribution < -0.4 is 5.32 Å². The van der Waals surface area contributed by atoms with Gasteiger partial charge in [-0.3, -0.25) is 4.57 Å². The van der Waals surface area contributed by atoms with Crippen molar-refractivity contribution in [1.82, 2.24) is 20.1 Å². The molecular formula is C15H20N4. The van der Waals surface area contributed by atoms with E-state index in [9.17, 15) is 0 Å². The number of nitrogens with zero attached hydrogens (tertiary/aromatic N) is 3. The Morgan fingerprint density at radius 1 is 1.26 bits per heavy atom. The van der Waals surface area contributed by atoms with Gasteiger partial charge in [-0.2, -0.15) is 0 Å². The third-order valence-electron chi connectivity index (χ3n) is 4.00. The third-order valence-corrected chi connectivity index (χ3v) is 4.00. The summed E-state index contributed by atoms with van der Waals surface area (Å²) in [5, 5.41) is 11.9. The fourth-order valence-electron chi connectivity index (χ4n) is 2.67. The van der Waals surface area contributed by atoms with Crippen molar-refractivity contribution in [1.29, 1.82) is 0 Å². The summed E-state index contributed by atoms with van der Waals surface area (Å²) in [6.45, 7) is 6.40. The molecule has 1 unspecified atom stereocenters. The van der Waals surface area contributed by atoms with Crippen LogP contribution in [0.4, 0.5) is 0 Å². The number of benzene rings is 1. The van der Waals surface area contributed by atoms with E-state index in [2.05, 4.69) is 52.1 Å². The average molecular weight is 256 g/mol. The standard InChI is InChI=1S/C15H20N4/c1-11-5-6-14(8-12(11)2)19-10-17-18-15(19)13-4-3-7-16-9-13/h5-6,8,10,13,16H,3-4,7,9H2,1-2H3. The molecule has 4 heteroatoms. The summed E-state index contributed by atoms with van der Waals surface area (Å²) in [4.78, 5) is 0. The van der Waals surface area contributed by atoms with Gasteiger partial charge < -0.3 is 5.32 Å². The van der Waals surface area contributed by atoms with Crippen molar-refractivity contribution in [3.8, 4) is 5.69 Å². The van der Waals surface area contributed by atoms with E-state index in [0.717, 1.165) is 24.6 Å². The van der Waals surface area contributed by atoms with E-state index < -0.39 is 0 Å². The molecule has 0 amide bonds. The van der Waals surface area contributed by atoms with Crippen molar-refractivity contribution in [2.75, 3.05) is 13.1 Å². The lowest BCUT2D eigenvalue weighted by molar-refractivity contribution is 0.442. The van der Waals surface area contributed by atoms with E-state index in [1.54, 1.807) is 0 Å². The summed E-state index contributed by atoms with van der Waals surface area (Å²) in [5.41, 5.74) is 3.78. The zero-order valence-corrected chi connectivity index (χ0v) is 11.6. The first-order chi connectivity index (χ1) is 9.25. The van der Waals surface area contributed by atoms with E-state index in [4.69, 9.17) is 0 Å². The molecule has 0 aliphatic carbocycles. The Bertz CT molecular complexity index is 567. The van der Waals surface area contributed by atoms with Gasteiger partial charge in [-0.1, -0.05) is 6.07 Å². The number of hydrogen-bond donors (Lipinski definition) is 1. The molecule has 0 bridgehead atoms. The van der Waals surface area contributed by atoms with Crippen LogP contribution in [0.15, 0.2) is 24.5 Å². The molecule has 2 heterocycles. The molecule has 1 fully saturated rings. The fourth-order valence-corrected chi connectivity index (χ4v) is 2.67. The normalized spacial score (nSPS) is 19.6. The lowest BCUT2D eigenvalue weighted by atomic mass is 9.98. The molecule has 19 heavy (non-hydrogen) atoms. The van der Waals surface area contributed by atoms with Gasteiger partial charge in [-0.15, -0.1) is 10.2 Å². The SMILES string of the molecule is Cc1ccc(-n2cnnc2C2CCCNC2)cc1C. The third kappa shape index (κ3) is 2.40. The maximum Gasteiger partial charge on any atom is 0.141 e. The van der Waals surface area contributed by atoms with Gasteiger partial charge in [0.2, 0.25) is 0 Å². The molecule has 0 saturated carbocycles. The highest BCUT2D eigenvalue weighted by atomic mass is 15.3. The fraction of sp³-hybridized carbons (Fsp3) is 0.467. The van der Waals surface area contributed by atoms with Gasteiger partial charge in [0.15, 0.2) is 0 Å². The molecule has 0 radical (unpaired) electrons. The second-order valence-corrected chi connectivity index (χ2v) is 5.37. The molecular weight excluding hydrogens is 236 g/mol. The lowest BCUT2D eigenvalue weighted by Crippen LogP contribution is -2.29. The molecule has 1 aromatic heterocycles. The van der Waals surface area contributed by atoms with Crippen LogP contribution in [-0.2, 0) is 0 Å². The van der Waals surface area contributed by atoms with Crippen molar-refractivity contribution >= 4 is 0 Å². The van der Waals surface area contributed by atoms with Gasteiger partial charge >= 0.3 is 0 Å². The maximum absolute atomic E-state index is 4.34. The first kappa shape index (κ1) is 12.4. The number of rotatable bonds is 2. The van der Waals surface area contributed by atoms with Crippen molar-refractivity contribution in [2.45, 2.75) is 32.6 Å². The van der Waals surface area contributed by atoms with Crippen LogP contribution in [0.3, 0.4) is 0 Å². The van der Waals surface area contributed by atoms with Gasteiger partial charge in [0.25, 0.3) is 0 Å². The highest BCUT2D eigenvalue weighted by molar-refractivity contribution is 5.40. The molecule has 4 nitrogen and oxygen atoms in total. The van der Waals surface area contributed by atoms with Gasteiger partial charge in [0.1, 0.15) is 12.2 Å². The molecule has 100 valence electrons. The van der Waals surface area contributed by atoms with Gasteiger partial charge in [-0.05, 0) is 56.5 Å². The summed E-state index contributed by atoms with van der Waals surface area (Å²) in [6, 6.07) is 6.51. The Hall–Kier alpha value is -1.68. The minimum atomic E-state index is 0.470. The Kier molecular flexibility index (Phi) is 3.34. The van der Waals surface area contributed by atoms with Crippen LogP contribution >= 0.6 is 0 Å². The van der Waals surface area contributed by atoms with Crippen molar-refractivity contribution in [3.63, 3.8) is 0 Å². The quantitative estimate of drug-likeness (QED) is 0.897. The predicted octanol–water partition coefficient (Wildman–Crippen LogP) is 2.35. The molecule has 1 saturated heterocycles. The van der Waals surface area contributed by atoms with E-state index in [1.165, 1.54) is 24.0 Å². The maximum atomic E-state index is 4.34. The Labute approximate surface area is 113 Å².